The number of hydrogen-bond acceptors (Lipinski definition) is 2. The summed E-state index contributed by atoms with van der Waals surface area (Å²) >= 11 is 0. The number of amides is 2. The fourth-order valence-corrected chi connectivity index (χ4v) is 1.65. The molecular formula is C12H9NO2. The van der Waals surface area contributed by atoms with Crippen LogP contribution >= 0.6 is 0 Å². The number of nitrogens with zero attached hydrogens (tertiary/aromatic N) is 1. The summed E-state index contributed by atoms with van der Waals surface area (Å²) in [6.07, 6.45) is 5.36. The van der Waals surface area contributed by atoms with Gasteiger partial charge in [-0.25, -0.2) is 0 Å². The molecular weight excluding hydrogens is 190 g/mol. The molecule has 0 aliphatic carbocycles. The average Bonchev–Trinajstić information content (AvgIpc) is 2.24. The first-order valence-electron chi connectivity index (χ1n) is 4.60. The van der Waals surface area contributed by atoms with Crippen LogP contribution in [-0.4, -0.2) is 23.3 Å². The topological polar surface area (TPSA) is 37.4 Å². The van der Waals surface area contributed by atoms with Crippen molar-refractivity contribution in [1.82, 2.24) is 4.90 Å². The average molecular weight is 199 g/mol. The van der Waals surface area contributed by atoms with Gasteiger partial charge in [0.15, 0.2) is 0 Å². The van der Waals surface area contributed by atoms with Crippen molar-refractivity contribution in [3.8, 4) is 12.3 Å². The molecule has 3 heteroatoms. The van der Waals surface area contributed by atoms with Gasteiger partial charge in [-0.1, -0.05) is 24.1 Å². The van der Waals surface area contributed by atoms with Crippen LogP contribution in [0.25, 0.3) is 0 Å². The lowest BCUT2D eigenvalue weighted by Crippen LogP contribution is -2.42. The maximum absolute atomic E-state index is 11.8. The summed E-state index contributed by atoms with van der Waals surface area (Å²) in [5.41, 5.74) is 1.35. The quantitative estimate of drug-likeness (QED) is 0.496. The number of hydrogen-bond donors (Lipinski definition) is 0. The van der Waals surface area contributed by atoms with Gasteiger partial charge >= 0.3 is 0 Å². The minimum absolute atomic E-state index is 0.0476. The van der Waals surface area contributed by atoms with Crippen LogP contribution in [0.15, 0.2) is 24.3 Å². The van der Waals surface area contributed by atoms with Crippen LogP contribution in [0.2, 0.25) is 0 Å². The van der Waals surface area contributed by atoms with Crippen LogP contribution in [0.1, 0.15) is 15.9 Å². The van der Waals surface area contributed by atoms with Crippen molar-refractivity contribution in [3.63, 3.8) is 0 Å². The van der Waals surface area contributed by atoms with E-state index in [4.69, 9.17) is 6.42 Å². The Morgan fingerprint density at radius 2 is 2.07 bits per heavy atom. The van der Waals surface area contributed by atoms with E-state index >= 15 is 0 Å². The van der Waals surface area contributed by atoms with Crippen LogP contribution in [0.3, 0.4) is 0 Å². The number of terminal acetylenes is 1. The smallest absolute Gasteiger partial charge is 0.261 e. The Balaban J connectivity index is 2.44. The number of carbonyl (C=O) groups excluding carboxylic acids is 2. The number of benzene rings is 1. The minimum Gasteiger partial charge on any atom is -0.274 e. The van der Waals surface area contributed by atoms with Gasteiger partial charge in [0.1, 0.15) is 0 Å². The van der Waals surface area contributed by atoms with Gasteiger partial charge in [0.25, 0.3) is 5.91 Å². The highest BCUT2D eigenvalue weighted by atomic mass is 16.2. The Labute approximate surface area is 87.7 Å². The Bertz CT molecular complexity index is 471. The number of carbonyl (C=O) groups is 2. The first kappa shape index (κ1) is 9.47. The molecule has 1 aromatic rings. The molecule has 0 bridgehead atoms. The fraction of sp³-hybridized carbons (Fsp3) is 0.167. The van der Waals surface area contributed by atoms with Gasteiger partial charge in [0.2, 0.25) is 5.91 Å². The molecule has 3 nitrogen and oxygen atoms in total. The standard InChI is InChI=1S/C12H9NO2/c1-2-7-13-11(14)8-9-5-3-4-6-10(9)12(13)15/h1,3-6H,7-8H2. The highest BCUT2D eigenvalue weighted by Gasteiger charge is 2.29. The third kappa shape index (κ3) is 1.50. The Hall–Kier alpha value is -2.08. The van der Waals surface area contributed by atoms with Crippen LogP contribution in [0.4, 0.5) is 0 Å². The second-order valence-electron chi connectivity index (χ2n) is 3.32. The maximum Gasteiger partial charge on any atom is 0.261 e. The molecule has 0 fully saturated rings. The van der Waals surface area contributed by atoms with E-state index in [0.717, 1.165) is 10.5 Å². The van der Waals surface area contributed by atoms with Crippen molar-refractivity contribution >= 4 is 11.8 Å². The van der Waals surface area contributed by atoms with Crippen LogP contribution in [-0.2, 0) is 11.2 Å². The van der Waals surface area contributed by atoms with E-state index in [0.29, 0.717) is 5.56 Å². The van der Waals surface area contributed by atoms with E-state index in [1.54, 1.807) is 18.2 Å². The summed E-state index contributed by atoms with van der Waals surface area (Å²) in [6, 6.07) is 7.10. The zero-order valence-electron chi connectivity index (χ0n) is 8.06. The summed E-state index contributed by atoms with van der Waals surface area (Å²) in [5.74, 6) is 1.80. The van der Waals surface area contributed by atoms with E-state index in [9.17, 15) is 9.59 Å². The van der Waals surface area contributed by atoms with E-state index < -0.39 is 0 Å². The molecule has 74 valence electrons. The van der Waals surface area contributed by atoms with Crippen molar-refractivity contribution < 1.29 is 9.59 Å². The molecule has 2 rings (SSSR count). The van der Waals surface area contributed by atoms with Gasteiger partial charge in [-0.15, -0.1) is 6.42 Å². The Kier molecular flexibility index (Phi) is 2.26. The molecule has 15 heavy (non-hydrogen) atoms. The van der Waals surface area contributed by atoms with E-state index in [1.165, 1.54) is 0 Å². The Morgan fingerprint density at radius 1 is 1.33 bits per heavy atom. The fourth-order valence-electron chi connectivity index (χ4n) is 1.65. The van der Waals surface area contributed by atoms with Gasteiger partial charge in [-0.3, -0.25) is 14.5 Å². The van der Waals surface area contributed by atoms with Gasteiger partial charge in [0.05, 0.1) is 13.0 Å². The predicted molar refractivity (Wildman–Crippen MR) is 55.0 cm³/mol. The lowest BCUT2D eigenvalue weighted by molar-refractivity contribution is -0.127. The molecule has 0 spiro atoms. The molecule has 1 heterocycles. The highest BCUT2D eigenvalue weighted by molar-refractivity contribution is 6.09. The maximum atomic E-state index is 11.8. The highest BCUT2D eigenvalue weighted by Crippen LogP contribution is 2.18. The molecule has 1 aliphatic rings. The third-order valence-electron chi connectivity index (χ3n) is 2.39. The van der Waals surface area contributed by atoms with E-state index in [1.807, 2.05) is 6.07 Å². The molecule has 2 amide bonds. The first-order valence-corrected chi connectivity index (χ1v) is 4.60. The zero-order chi connectivity index (χ0) is 10.8. The molecule has 0 aromatic heterocycles. The zero-order valence-corrected chi connectivity index (χ0v) is 8.06. The lowest BCUT2D eigenvalue weighted by atomic mass is 9.99. The van der Waals surface area contributed by atoms with Crippen molar-refractivity contribution in [2.45, 2.75) is 6.42 Å². The number of fused-ring (bicyclic) bond motifs is 1. The van der Waals surface area contributed by atoms with Gasteiger partial charge in [-0.05, 0) is 11.6 Å². The van der Waals surface area contributed by atoms with Gasteiger partial charge in [-0.2, -0.15) is 0 Å². The summed E-state index contributed by atoms with van der Waals surface area (Å²) in [5, 5.41) is 0. The third-order valence-corrected chi connectivity index (χ3v) is 2.39. The molecule has 1 aliphatic heterocycles. The van der Waals surface area contributed by atoms with Gasteiger partial charge in [0, 0.05) is 5.56 Å². The predicted octanol–water partition coefficient (Wildman–Crippen LogP) is 0.845. The Morgan fingerprint density at radius 3 is 2.80 bits per heavy atom. The molecule has 0 radical (unpaired) electrons. The SMILES string of the molecule is C#CCN1C(=O)Cc2ccccc2C1=O. The van der Waals surface area contributed by atoms with Crippen LogP contribution in [0.5, 0.6) is 0 Å². The van der Waals surface area contributed by atoms with Gasteiger partial charge < -0.3 is 0 Å². The summed E-state index contributed by atoms with van der Waals surface area (Å²) < 4.78 is 0. The first-order chi connectivity index (χ1) is 7.24. The molecule has 1 aromatic carbocycles. The number of imide groups is 1. The van der Waals surface area contributed by atoms with Crippen molar-refractivity contribution in [1.29, 1.82) is 0 Å². The monoisotopic (exact) mass is 199 g/mol. The molecule has 0 saturated heterocycles. The molecule has 0 unspecified atom stereocenters. The normalized spacial score (nSPS) is 14.7. The second-order valence-corrected chi connectivity index (χ2v) is 3.32. The van der Waals surface area contributed by atoms with Crippen molar-refractivity contribution in [2.75, 3.05) is 6.54 Å². The molecule has 0 N–H and O–H groups in total. The largest absolute Gasteiger partial charge is 0.274 e. The summed E-state index contributed by atoms with van der Waals surface area (Å²) in [7, 11) is 0. The summed E-state index contributed by atoms with van der Waals surface area (Å²) in [4.78, 5) is 24.5. The van der Waals surface area contributed by atoms with Crippen LogP contribution in [0, 0.1) is 12.3 Å². The van der Waals surface area contributed by atoms with E-state index in [-0.39, 0.29) is 24.8 Å². The van der Waals surface area contributed by atoms with Crippen molar-refractivity contribution in [2.24, 2.45) is 0 Å². The van der Waals surface area contributed by atoms with Crippen LogP contribution < -0.4 is 0 Å². The number of rotatable bonds is 1. The lowest BCUT2D eigenvalue weighted by Gasteiger charge is -2.24. The minimum atomic E-state index is -0.292. The molecule has 0 saturated carbocycles. The van der Waals surface area contributed by atoms with Crippen molar-refractivity contribution in [3.05, 3.63) is 35.4 Å². The second kappa shape index (κ2) is 3.58. The summed E-state index contributed by atoms with van der Waals surface area (Å²) in [6.45, 7) is 0.0476. The molecule has 0 atom stereocenters. The van der Waals surface area contributed by atoms with E-state index in [2.05, 4.69) is 5.92 Å².